The summed E-state index contributed by atoms with van der Waals surface area (Å²) in [7, 11) is 0. The fourth-order valence-electron chi connectivity index (χ4n) is 2.50. The number of nitrogens with one attached hydrogen (secondary N) is 1. The average molecular weight is 368 g/mol. The van der Waals surface area contributed by atoms with Gasteiger partial charge in [-0.15, -0.1) is 0 Å². The van der Waals surface area contributed by atoms with Crippen molar-refractivity contribution in [2.75, 3.05) is 39.3 Å². The number of hydrogen-bond acceptors (Lipinski definition) is 3. The van der Waals surface area contributed by atoms with E-state index in [4.69, 9.17) is 0 Å². The Morgan fingerprint density at radius 3 is 2.50 bits per heavy atom. The van der Waals surface area contributed by atoms with Gasteiger partial charge in [0.05, 0.1) is 5.56 Å². The lowest BCUT2D eigenvalue weighted by Gasteiger charge is -2.34. The zero-order valence-corrected chi connectivity index (χ0v) is 14.4. The van der Waals surface area contributed by atoms with E-state index >= 15 is 0 Å². The van der Waals surface area contributed by atoms with Crippen molar-refractivity contribution in [1.82, 2.24) is 15.1 Å². The van der Waals surface area contributed by atoms with Crippen molar-refractivity contribution >= 4 is 27.7 Å². The Morgan fingerprint density at radius 1 is 1.18 bits per heavy atom. The van der Waals surface area contributed by atoms with Crippen molar-refractivity contribution in [3.8, 4) is 0 Å². The Morgan fingerprint density at radius 2 is 1.86 bits per heavy atom. The summed E-state index contributed by atoms with van der Waals surface area (Å²) in [5.41, 5.74) is 0.589. The fourth-order valence-corrected chi connectivity index (χ4v) is 2.96. The molecule has 22 heavy (non-hydrogen) atoms. The molecule has 0 radical (unpaired) electrons. The summed E-state index contributed by atoms with van der Waals surface area (Å²) < 4.78 is 0.759. The molecule has 0 spiro atoms. The van der Waals surface area contributed by atoms with Gasteiger partial charge in [-0.3, -0.25) is 9.59 Å². The summed E-state index contributed by atoms with van der Waals surface area (Å²) in [4.78, 5) is 28.4. The van der Waals surface area contributed by atoms with E-state index in [1.54, 1.807) is 6.07 Å². The number of amides is 2. The van der Waals surface area contributed by atoms with E-state index < -0.39 is 0 Å². The molecular formula is C16H22BrN3O2. The molecule has 0 atom stereocenters. The monoisotopic (exact) mass is 367 g/mol. The molecule has 1 aliphatic heterocycles. The summed E-state index contributed by atoms with van der Waals surface area (Å²) >= 11 is 3.35. The van der Waals surface area contributed by atoms with Gasteiger partial charge in [0.1, 0.15) is 0 Å². The molecule has 1 heterocycles. The Hall–Kier alpha value is -1.40. The van der Waals surface area contributed by atoms with Gasteiger partial charge in [-0.1, -0.05) is 19.1 Å². The molecular weight excluding hydrogens is 346 g/mol. The second kappa shape index (κ2) is 8.29. The number of hydrogen-bond donors (Lipinski definition) is 1. The van der Waals surface area contributed by atoms with Crippen molar-refractivity contribution in [2.24, 2.45) is 0 Å². The van der Waals surface area contributed by atoms with E-state index in [0.717, 1.165) is 37.2 Å². The minimum absolute atomic E-state index is 0.114. The first-order valence-electron chi connectivity index (χ1n) is 7.64. The number of piperazine rings is 1. The number of nitrogens with zero attached hydrogens (tertiary/aromatic N) is 2. The van der Waals surface area contributed by atoms with Gasteiger partial charge in [0.2, 0.25) is 5.91 Å². The van der Waals surface area contributed by atoms with Crippen LogP contribution in [0.3, 0.4) is 0 Å². The molecule has 6 heteroatoms. The van der Waals surface area contributed by atoms with Crippen LogP contribution in [0.5, 0.6) is 0 Å². The summed E-state index contributed by atoms with van der Waals surface area (Å²) in [6.07, 6.45) is 0.350. The van der Waals surface area contributed by atoms with Crippen molar-refractivity contribution in [1.29, 1.82) is 0 Å². The van der Waals surface area contributed by atoms with Gasteiger partial charge >= 0.3 is 0 Å². The molecule has 0 aromatic heterocycles. The van der Waals surface area contributed by atoms with Crippen LogP contribution in [0.15, 0.2) is 28.7 Å². The van der Waals surface area contributed by atoms with Gasteiger partial charge in [-0.2, -0.15) is 0 Å². The highest BCUT2D eigenvalue weighted by Crippen LogP contribution is 2.15. The Bertz CT molecular complexity index is 528. The molecule has 0 bridgehead atoms. The number of likely N-dealkylation sites (N-methyl/N-ethyl adjacent to an activating group) is 1. The number of carbonyl (C=O) groups is 2. The first kappa shape index (κ1) is 17.0. The van der Waals surface area contributed by atoms with Gasteiger partial charge < -0.3 is 15.1 Å². The maximum atomic E-state index is 12.1. The summed E-state index contributed by atoms with van der Waals surface area (Å²) in [6.45, 7) is 6.97. The van der Waals surface area contributed by atoms with E-state index in [2.05, 4.69) is 33.1 Å². The first-order chi connectivity index (χ1) is 10.6. The van der Waals surface area contributed by atoms with Crippen LogP contribution in [-0.2, 0) is 4.79 Å². The average Bonchev–Trinajstić information content (AvgIpc) is 2.55. The first-order valence-corrected chi connectivity index (χ1v) is 8.44. The smallest absolute Gasteiger partial charge is 0.252 e. The van der Waals surface area contributed by atoms with E-state index in [9.17, 15) is 9.59 Å². The summed E-state index contributed by atoms with van der Waals surface area (Å²) in [5.74, 6) is -0.0424. The molecule has 1 fully saturated rings. The lowest BCUT2D eigenvalue weighted by Crippen LogP contribution is -2.49. The Kier molecular flexibility index (Phi) is 6.39. The third-order valence-electron chi connectivity index (χ3n) is 3.92. The molecule has 0 saturated carbocycles. The van der Waals surface area contributed by atoms with Gasteiger partial charge in [0, 0.05) is 43.6 Å². The summed E-state index contributed by atoms with van der Waals surface area (Å²) in [5, 5.41) is 2.80. The third-order valence-corrected chi connectivity index (χ3v) is 4.61. The van der Waals surface area contributed by atoms with Crippen LogP contribution >= 0.6 is 15.9 Å². The Balaban J connectivity index is 1.73. The number of carbonyl (C=O) groups excluding carboxylic acids is 2. The van der Waals surface area contributed by atoms with Crippen molar-refractivity contribution in [3.63, 3.8) is 0 Å². The molecule has 1 aromatic carbocycles. The van der Waals surface area contributed by atoms with Gasteiger partial charge in [0.15, 0.2) is 0 Å². The van der Waals surface area contributed by atoms with Crippen LogP contribution in [0.2, 0.25) is 0 Å². The normalized spacial score (nSPS) is 15.6. The Labute approximate surface area is 139 Å². The van der Waals surface area contributed by atoms with E-state index in [-0.39, 0.29) is 11.8 Å². The predicted octanol–water partition coefficient (Wildman–Crippen LogP) is 1.73. The quantitative estimate of drug-likeness (QED) is 0.862. The van der Waals surface area contributed by atoms with Crippen LogP contribution in [0.1, 0.15) is 23.7 Å². The molecule has 0 aliphatic carbocycles. The maximum absolute atomic E-state index is 12.1. The molecule has 2 amide bonds. The largest absolute Gasteiger partial charge is 0.351 e. The van der Waals surface area contributed by atoms with Crippen molar-refractivity contribution < 1.29 is 9.59 Å². The van der Waals surface area contributed by atoms with Crippen LogP contribution in [-0.4, -0.2) is 60.9 Å². The number of rotatable bonds is 5. The topological polar surface area (TPSA) is 52.6 Å². The second-order valence-electron chi connectivity index (χ2n) is 5.30. The second-order valence-corrected chi connectivity index (χ2v) is 6.16. The van der Waals surface area contributed by atoms with Crippen LogP contribution in [0.4, 0.5) is 0 Å². The third kappa shape index (κ3) is 4.55. The zero-order chi connectivity index (χ0) is 15.9. The maximum Gasteiger partial charge on any atom is 0.252 e. The number of benzene rings is 1. The molecule has 120 valence electrons. The molecule has 1 N–H and O–H groups in total. The van der Waals surface area contributed by atoms with Gasteiger partial charge in [-0.25, -0.2) is 0 Å². The van der Waals surface area contributed by atoms with E-state index in [1.807, 2.05) is 23.1 Å². The lowest BCUT2D eigenvalue weighted by atomic mass is 10.2. The fraction of sp³-hybridized carbons (Fsp3) is 0.500. The van der Waals surface area contributed by atoms with Crippen molar-refractivity contribution in [2.45, 2.75) is 13.3 Å². The SMILES string of the molecule is CCN1CCN(C(=O)CCNC(=O)c2ccccc2Br)CC1. The molecule has 1 aromatic rings. The zero-order valence-electron chi connectivity index (χ0n) is 12.8. The lowest BCUT2D eigenvalue weighted by molar-refractivity contribution is -0.132. The minimum atomic E-state index is -0.156. The van der Waals surface area contributed by atoms with E-state index in [1.165, 1.54) is 0 Å². The van der Waals surface area contributed by atoms with Gasteiger partial charge in [-0.05, 0) is 34.6 Å². The van der Waals surface area contributed by atoms with E-state index in [0.29, 0.717) is 18.5 Å². The highest BCUT2D eigenvalue weighted by Gasteiger charge is 2.19. The molecule has 5 nitrogen and oxygen atoms in total. The van der Waals surface area contributed by atoms with Crippen LogP contribution in [0, 0.1) is 0 Å². The standard InChI is InChI=1S/C16H22BrN3O2/c1-2-19-9-11-20(12-10-19)15(21)7-8-18-16(22)13-5-3-4-6-14(13)17/h3-6H,2,7-12H2,1H3,(H,18,22). The van der Waals surface area contributed by atoms with Gasteiger partial charge in [0.25, 0.3) is 5.91 Å². The molecule has 0 unspecified atom stereocenters. The highest BCUT2D eigenvalue weighted by molar-refractivity contribution is 9.10. The van der Waals surface area contributed by atoms with Crippen molar-refractivity contribution in [3.05, 3.63) is 34.3 Å². The van der Waals surface area contributed by atoms with Crippen LogP contribution < -0.4 is 5.32 Å². The molecule has 2 rings (SSSR count). The number of halogens is 1. The van der Waals surface area contributed by atoms with Crippen LogP contribution in [0.25, 0.3) is 0 Å². The summed E-state index contributed by atoms with van der Waals surface area (Å²) in [6, 6.07) is 7.26. The predicted molar refractivity (Wildman–Crippen MR) is 89.8 cm³/mol. The highest BCUT2D eigenvalue weighted by atomic mass is 79.9. The minimum Gasteiger partial charge on any atom is -0.351 e. The molecule has 1 aliphatic rings. The molecule has 1 saturated heterocycles.